The summed E-state index contributed by atoms with van der Waals surface area (Å²) in [5, 5.41) is 16.7. The Hall–Kier alpha value is -2.60. The molecule has 0 spiro atoms. The van der Waals surface area contributed by atoms with Crippen LogP contribution >= 0.6 is 0 Å². The number of carbonyl (C=O) groups is 1. The van der Waals surface area contributed by atoms with Crippen LogP contribution in [-0.2, 0) is 27.8 Å². The topological polar surface area (TPSA) is 108 Å². The molecule has 3 N–H and O–H groups in total. The first-order chi connectivity index (χ1) is 18.1. The lowest BCUT2D eigenvalue weighted by atomic mass is 10.0. The molecule has 0 heterocycles. The fraction of sp³-hybridized carbons (Fsp3) is 0.519. The summed E-state index contributed by atoms with van der Waals surface area (Å²) in [6.07, 6.45) is -0.152. The molecule has 0 bridgehead atoms. The van der Waals surface area contributed by atoms with Crippen molar-refractivity contribution >= 4 is 15.9 Å². The highest BCUT2D eigenvalue weighted by Gasteiger charge is 2.25. The second kappa shape index (κ2) is 15.7. The monoisotopic (exact) mass is 555 g/mol. The Morgan fingerprint density at radius 3 is 2.32 bits per heavy atom. The lowest BCUT2D eigenvalue weighted by molar-refractivity contribution is -0.122. The van der Waals surface area contributed by atoms with E-state index in [1.165, 1.54) is 4.31 Å². The summed E-state index contributed by atoms with van der Waals surface area (Å²) < 4.78 is 59.5. The summed E-state index contributed by atoms with van der Waals surface area (Å²) in [7, 11) is -2.07. The number of carbonyl (C=O) groups excluding carboxylic acids is 1. The molecular formula is C27H39F2N3O5S. The highest BCUT2D eigenvalue weighted by atomic mass is 32.2. The fourth-order valence-corrected chi connectivity index (χ4v) is 5.70. The molecule has 2 rings (SSSR count). The van der Waals surface area contributed by atoms with Gasteiger partial charge in [-0.05, 0) is 54.7 Å². The third kappa shape index (κ3) is 10.6. The minimum absolute atomic E-state index is 0.0486. The number of aliphatic hydroxyl groups is 1. The molecule has 0 saturated heterocycles. The summed E-state index contributed by atoms with van der Waals surface area (Å²) in [4.78, 5) is 12.7. The Morgan fingerprint density at radius 2 is 1.71 bits per heavy atom. The molecule has 1 amide bonds. The van der Waals surface area contributed by atoms with Gasteiger partial charge in [-0.25, -0.2) is 21.5 Å². The first kappa shape index (κ1) is 31.6. The smallest absolute Gasteiger partial charge is 0.221 e. The number of benzene rings is 2. The Kier molecular flexibility index (Phi) is 13.1. The average molecular weight is 556 g/mol. The Balaban J connectivity index is 2.07. The van der Waals surface area contributed by atoms with Crippen molar-refractivity contribution in [3.05, 3.63) is 65.2 Å². The number of hydrogen-bond donors (Lipinski definition) is 3. The van der Waals surface area contributed by atoms with E-state index in [0.29, 0.717) is 38.2 Å². The van der Waals surface area contributed by atoms with Crippen LogP contribution in [0, 0.1) is 11.6 Å². The minimum atomic E-state index is -3.63. The van der Waals surface area contributed by atoms with E-state index >= 15 is 0 Å². The van der Waals surface area contributed by atoms with Gasteiger partial charge in [0.25, 0.3) is 0 Å². The molecule has 0 aliphatic rings. The zero-order valence-electron chi connectivity index (χ0n) is 22.3. The number of nitrogens with zero attached hydrogens (tertiary/aromatic N) is 1. The molecule has 0 aliphatic heterocycles. The number of nitrogens with one attached hydrogen (secondary N) is 2. The van der Waals surface area contributed by atoms with Crippen molar-refractivity contribution in [3.8, 4) is 5.75 Å². The summed E-state index contributed by atoms with van der Waals surface area (Å²) in [6, 6.07) is 9.48. The molecule has 2 aromatic rings. The lowest BCUT2D eigenvalue weighted by Crippen LogP contribution is -2.49. The first-order valence-corrected chi connectivity index (χ1v) is 14.4. The van der Waals surface area contributed by atoms with E-state index in [2.05, 4.69) is 10.6 Å². The maximum Gasteiger partial charge on any atom is 0.221 e. The van der Waals surface area contributed by atoms with E-state index in [9.17, 15) is 27.1 Å². The van der Waals surface area contributed by atoms with Crippen LogP contribution in [0.5, 0.6) is 5.75 Å². The van der Waals surface area contributed by atoms with Crippen LogP contribution in [-0.4, -0.2) is 68.4 Å². The van der Waals surface area contributed by atoms with Crippen LogP contribution in [0.3, 0.4) is 0 Å². The van der Waals surface area contributed by atoms with E-state index < -0.39 is 39.7 Å². The van der Waals surface area contributed by atoms with Crippen molar-refractivity contribution in [2.24, 2.45) is 0 Å². The number of amides is 1. The van der Waals surface area contributed by atoms with Gasteiger partial charge in [-0.1, -0.05) is 26.0 Å². The van der Waals surface area contributed by atoms with Crippen LogP contribution in [0.15, 0.2) is 42.5 Å². The van der Waals surface area contributed by atoms with E-state index in [4.69, 9.17) is 4.74 Å². The maximum absolute atomic E-state index is 13.8. The molecule has 2 atom stereocenters. The fourth-order valence-electron chi connectivity index (χ4n) is 4.07. The second-order valence-corrected chi connectivity index (χ2v) is 11.3. The molecule has 2 aromatic carbocycles. The number of halogens is 2. The number of aliphatic hydroxyl groups excluding tert-OH is 1. The molecule has 0 aromatic heterocycles. The Bertz CT molecular complexity index is 1110. The molecule has 0 radical (unpaired) electrons. The number of sulfonamides is 1. The average Bonchev–Trinajstić information content (AvgIpc) is 2.86. The maximum atomic E-state index is 13.8. The Morgan fingerprint density at radius 1 is 1.05 bits per heavy atom. The third-order valence-corrected chi connectivity index (χ3v) is 7.80. The third-order valence-electron chi connectivity index (χ3n) is 5.93. The molecule has 0 unspecified atom stereocenters. The molecular weight excluding hydrogens is 516 g/mol. The molecule has 11 heteroatoms. The van der Waals surface area contributed by atoms with Gasteiger partial charge in [-0.3, -0.25) is 4.79 Å². The largest absolute Gasteiger partial charge is 0.497 e. The van der Waals surface area contributed by atoms with E-state index in [0.717, 1.165) is 23.8 Å². The van der Waals surface area contributed by atoms with Gasteiger partial charge in [-0.2, -0.15) is 0 Å². The summed E-state index contributed by atoms with van der Waals surface area (Å²) in [6.45, 7) is 5.00. The van der Waals surface area contributed by atoms with Crippen molar-refractivity contribution < 1.29 is 31.8 Å². The molecule has 0 saturated carbocycles. The van der Waals surface area contributed by atoms with E-state index in [1.807, 2.05) is 38.1 Å². The highest BCUT2D eigenvalue weighted by molar-refractivity contribution is 7.89. The zero-order chi connectivity index (χ0) is 28.1. The quantitative estimate of drug-likeness (QED) is 0.277. The zero-order valence-corrected chi connectivity index (χ0v) is 23.1. The second-order valence-electron chi connectivity index (χ2n) is 9.17. The van der Waals surface area contributed by atoms with E-state index in [-0.39, 0.29) is 30.7 Å². The van der Waals surface area contributed by atoms with Crippen molar-refractivity contribution in [2.45, 2.75) is 58.2 Å². The summed E-state index contributed by atoms with van der Waals surface area (Å²) in [5.74, 6) is -1.79. The van der Waals surface area contributed by atoms with Gasteiger partial charge in [0.2, 0.25) is 15.9 Å². The van der Waals surface area contributed by atoms with Crippen molar-refractivity contribution in [3.63, 3.8) is 0 Å². The summed E-state index contributed by atoms with van der Waals surface area (Å²) >= 11 is 0. The highest BCUT2D eigenvalue weighted by Crippen LogP contribution is 2.14. The van der Waals surface area contributed by atoms with Crippen LogP contribution in [0.4, 0.5) is 8.78 Å². The normalized spacial score (nSPS) is 13.3. The predicted molar refractivity (Wildman–Crippen MR) is 143 cm³/mol. The standard InChI is InChI=1S/C27H39F2N3O5S/c1-4-10-32(11-5-2)38(35,36)12-9-27(34)31-25(16-21-13-22(28)17-23(29)14-21)26(33)19-30-18-20-7-6-8-24(15-20)37-3/h6-8,13-15,17,25-26,30,33H,4-5,9-12,16,18-19H2,1-3H3,(H,31,34)/t25-,26+/m0/s1. The van der Waals surface area contributed by atoms with Gasteiger partial charge in [0.1, 0.15) is 17.4 Å². The van der Waals surface area contributed by atoms with Gasteiger partial charge in [0.05, 0.1) is 25.0 Å². The van der Waals surface area contributed by atoms with Crippen LogP contribution < -0.4 is 15.4 Å². The lowest BCUT2D eigenvalue weighted by Gasteiger charge is -2.25. The number of methoxy groups -OCH3 is 1. The van der Waals surface area contributed by atoms with Crippen LogP contribution in [0.1, 0.15) is 44.2 Å². The molecule has 38 heavy (non-hydrogen) atoms. The van der Waals surface area contributed by atoms with Gasteiger partial charge in [-0.15, -0.1) is 0 Å². The van der Waals surface area contributed by atoms with Crippen molar-refractivity contribution in [2.75, 3.05) is 32.5 Å². The predicted octanol–water partition coefficient (Wildman–Crippen LogP) is 2.99. The van der Waals surface area contributed by atoms with Crippen molar-refractivity contribution in [1.29, 1.82) is 0 Å². The molecule has 0 fully saturated rings. The molecule has 0 aliphatic carbocycles. The molecule has 212 valence electrons. The molecule has 8 nitrogen and oxygen atoms in total. The van der Waals surface area contributed by atoms with E-state index in [1.54, 1.807) is 7.11 Å². The Labute approximate surface area is 224 Å². The number of ether oxygens (including phenoxy) is 1. The number of hydrogen-bond acceptors (Lipinski definition) is 6. The van der Waals surface area contributed by atoms with Gasteiger partial charge < -0.3 is 20.5 Å². The van der Waals surface area contributed by atoms with Gasteiger partial charge >= 0.3 is 0 Å². The van der Waals surface area contributed by atoms with Crippen molar-refractivity contribution in [1.82, 2.24) is 14.9 Å². The SMILES string of the molecule is CCCN(CCC)S(=O)(=O)CCC(=O)N[C@@H](Cc1cc(F)cc(F)c1)[C@H](O)CNCc1cccc(OC)c1. The first-order valence-electron chi connectivity index (χ1n) is 12.8. The minimum Gasteiger partial charge on any atom is -0.497 e. The van der Waals surface area contributed by atoms with Gasteiger partial charge in [0, 0.05) is 38.7 Å². The summed E-state index contributed by atoms with van der Waals surface area (Å²) in [5.41, 5.74) is 1.17. The van der Waals surface area contributed by atoms with Crippen LogP contribution in [0.25, 0.3) is 0 Å². The van der Waals surface area contributed by atoms with Gasteiger partial charge in [0.15, 0.2) is 0 Å². The number of rotatable bonds is 17. The van der Waals surface area contributed by atoms with Crippen LogP contribution in [0.2, 0.25) is 0 Å².